The van der Waals surface area contributed by atoms with Crippen LogP contribution < -0.4 is 4.90 Å². The lowest BCUT2D eigenvalue weighted by atomic mass is 10.1. The van der Waals surface area contributed by atoms with E-state index in [0.717, 1.165) is 49.1 Å². The molecule has 27 heavy (non-hydrogen) atoms. The van der Waals surface area contributed by atoms with Gasteiger partial charge >= 0.3 is 0 Å². The Hall–Kier alpha value is -2.51. The summed E-state index contributed by atoms with van der Waals surface area (Å²) in [4.78, 5) is 13.3. The van der Waals surface area contributed by atoms with Crippen molar-refractivity contribution in [2.45, 2.75) is 20.5 Å². The van der Waals surface area contributed by atoms with Crippen LogP contribution in [0.3, 0.4) is 0 Å². The van der Waals surface area contributed by atoms with Gasteiger partial charge in [0.25, 0.3) is 0 Å². The first-order valence-electron chi connectivity index (χ1n) is 9.20. The Balaban J connectivity index is 1.45. The average Bonchev–Trinajstić information content (AvgIpc) is 3.05. The van der Waals surface area contributed by atoms with E-state index in [1.54, 1.807) is 12.4 Å². The van der Waals surface area contributed by atoms with Crippen LogP contribution >= 0.6 is 12.2 Å². The number of nitrogens with zero attached hydrogens (tertiary/aromatic N) is 6. The number of imidazole rings is 1. The van der Waals surface area contributed by atoms with Gasteiger partial charge in [-0.2, -0.15) is 0 Å². The minimum atomic E-state index is 0.811. The van der Waals surface area contributed by atoms with Crippen LogP contribution in [0.25, 0.3) is 5.69 Å². The van der Waals surface area contributed by atoms with Crippen molar-refractivity contribution < 1.29 is 0 Å². The van der Waals surface area contributed by atoms with E-state index in [4.69, 9.17) is 12.2 Å². The van der Waals surface area contributed by atoms with Crippen LogP contribution in [-0.2, 0) is 6.67 Å². The van der Waals surface area contributed by atoms with Crippen molar-refractivity contribution in [3.05, 3.63) is 65.1 Å². The number of hydrogen-bond donors (Lipinski definition) is 0. The molecule has 0 atom stereocenters. The van der Waals surface area contributed by atoms with Crippen molar-refractivity contribution in [2.75, 3.05) is 31.1 Å². The Morgan fingerprint density at radius 2 is 1.85 bits per heavy atom. The van der Waals surface area contributed by atoms with Crippen LogP contribution in [0.15, 0.2) is 49.2 Å². The Morgan fingerprint density at radius 3 is 2.59 bits per heavy atom. The van der Waals surface area contributed by atoms with E-state index in [0.29, 0.717) is 0 Å². The third-order valence-electron chi connectivity index (χ3n) is 5.07. The molecule has 1 aliphatic rings. The Kier molecular flexibility index (Phi) is 5.05. The van der Waals surface area contributed by atoms with Crippen molar-refractivity contribution in [1.29, 1.82) is 0 Å². The number of rotatable bonds is 4. The van der Waals surface area contributed by atoms with E-state index < -0.39 is 0 Å². The summed E-state index contributed by atoms with van der Waals surface area (Å²) in [6, 6.07) is 6.47. The van der Waals surface area contributed by atoms with Crippen LogP contribution in [0.5, 0.6) is 0 Å². The first-order valence-corrected chi connectivity index (χ1v) is 9.61. The molecule has 0 radical (unpaired) electrons. The molecular weight excluding hydrogens is 356 g/mol. The molecule has 0 bridgehead atoms. The van der Waals surface area contributed by atoms with Gasteiger partial charge in [-0.15, -0.1) is 0 Å². The van der Waals surface area contributed by atoms with Gasteiger partial charge in [0.1, 0.15) is 5.82 Å². The predicted octanol–water partition coefficient (Wildman–Crippen LogP) is 3.19. The highest BCUT2D eigenvalue weighted by Gasteiger charge is 2.18. The molecule has 2 aromatic heterocycles. The van der Waals surface area contributed by atoms with Crippen molar-refractivity contribution in [1.82, 2.24) is 24.0 Å². The zero-order valence-corrected chi connectivity index (χ0v) is 16.6. The van der Waals surface area contributed by atoms with E-state index >= 15 is 0 Å². The number of piperazine rings is 1. The summed E-state index contributed by atoms with van der Waals surface area (Å²) in [5.41, 5.74) is 3.63. The Bertz CT molecular complexity index is 970. The lowest BCUT2D eigenvalue weighted by Gasteiger charge is -2.35. The summed E-state index contributed by atoms with van der Waals surface area (Å²) < 4.78 is 5.09. The maximum atomic E-state index is 5.75. The predicted molar refractivity (Wildman–Crippen MR) is 110 cm³/mol. The molecule has 1 aliphatic heterocycles. The van der Waals surface area contributed by atoms with Crippen molar-refractivity contribution >= 4 is 18.0 Å². The molecule has 1 saturated heterocycles. The first kappa shape index (κ1) is 17.9. The zero-order chi connectivity index (χ0) is 18.8. The van der Waals surface area contributed by atoms with Crippen molar-refractivity contribution in [3.8, 4) is 5.69 Å². The summed E-state index contributed by atoms with van der Waals surface area (Å²) in [6.07, 6.45) is 9.44. The third kappa shape index (κ3) is 3.79. The van der Waals surface area contributed by atoms with Gasteiger partial charge in [-0.25, -0.2) is 4.98 Å². The van der Waals surface area contributed by atoms with Crippen molar-refractivity contribution in [2.24, 2.45) is 0 Å². The van der Waals surface area contributed by atoms with Gasteiger partial charge in [0, 0.05) is 51.0 Å². The molecule has 1 fully saturated rings. The molecule has 0 saturated carbocycles. The number of aryl methyl sites for hydroxylation is 2. The van der Waals surface area contributed by atoms with E-state index in [1.165, 1.54) is 11.1 Å². The highest BCUT2D eigenvalue weighted by Crippen LogP contribution is 2.18. The SMILES string of the molecule is Cc1ccc(C)c(-n2ccn(CN3CCN(c4cnccn4)CC3)c2=S)c1. The molecule has 0 unspecified atom stereocenters. The fourth-order valence-electron chi connectivity index (χ4n) is 3.47. The Morgan fingerprint density at radius 1 is 1.04 bits per heavy atom. The van der Waals surface area contributed by atoms with Gasteiger partial charge in [0.15, 0.2) is 4.77 Å². The fourth-order valence-corrected chi connectivity index (χ4v) is 3.75. The number of aromatic nitrogens is 4. The maximum absolute atomic E-state index is 5.75. The summed E-state index contributed by atoms with van der Waals surface area (Å²) in [6.45, 7) is 8.90. The van der Waals surface area contributed by atoms with Gasteiger partial charge in [0.05, 0.1) is 18.6 Å². The lowest BCUT2D eigenvalue weighted by Crippen LogP contribution is -2.47. The minimum Gasteiger partial charge on any atom is -0.353 e. The summed E-state index contributed by atoms with van der Waals surface area (Å²) >= 11 is 5.75. The van der Waals surface area contributed by atoms with Gasteiger partial charge < -0.3 is 9.47 Å². The summed E-state index contributed by atoms with van der Waals surface area (Å²) in [5.74, 6) is 0.954. The molecule has 1 aromatic carbocycles. The smallest absolute Gasteiger partial charge is 0.185 e. The highest BCUT2D eigenvalue weighted by molar-refractivity contribution is 7.71. The standard InChI is InChI=1S/C20H24N6S/c1-16-3-4-17(2)18(13-16)26-12-11-25(20(26)27)15-23-7-9-24(10-8-23)19-14-21-5-6-22-19/h3-6,11-14H,7-10,15H2,1-2H3. The molecule has 6 nitrogen and oxygen atoms in total. The first-order chi connectivity index (χ1) is 13.1. The van der Waals surface area contributed by atoms with Crippen LogP contribution in [0.1, 0.15) is 11.1 Å². The van der Waals surface area contributed by atoms with E-state index in [1.807, 2.05) is 6.20 Å². The van der Waals surface area contributed by atoms with Crippen LogP contribution in [-0.4, -0.2) is 50.2 Å². The number of anilines is 1. The number of benzene rings is 1. The molecular formula is C20H24N6S. The lowest BCUT2D eigenvalue weighted by molar-refractivity contribution is 0.204. The van der Waals surface area contributed by atoms with Gasteiger partial charge in [0.2, 0.25) is 0 Å². The van der Waals surface area contributed by atoms with Gasteiger partial charge in [-0.3, -0.25) is 14.5 Å². The molecule has 140 valence electrons. The van der Waals surface area contributed by atoms with Crippen LogP contribution in [0.2, 0.25) is 0 Å². The summed E-state index contributed by atoms with van der Waals surface area (Å²) in [7, 11) is 0. The second kappa shape index (κ2) is 7.62. The molecule has 0 aliphatic carbocycles. The second-order valence-electron chi connectivity index (χ2n) is 7.02. The maximum Gasteiger partial charge on any atom is 0.185 e. The van der Waals surface area contributed by atoms with Crippen LogP contribution in [0, 0.1) is 18.6 Å². The largest absolute Gasteiger partial charge is 0.353 e. The molecule has 7 heteroatoms. The third-order valence-corrected chi connectivity index (χ3v) is 5.50. The van der Waals surface area contributed by atoms with E-state index in [2.05, 4.69) is 73.3 Å². The minimum absolute atomic E-state index is 0.811. The Labute approximate surface area is 164 Å². The molecule has 4 rings (SSSR count). The molecule has 0 spiro atoms. The normalized spacial score (nSPS) is 15.3. The highest BCUT2D eigenvalue weighted by atomic mass is 32.1. The van der Waals surface area contributed by atoms with Crippen molar-refractivity contribution in [3.63, 3.8) is 0 Å². The van der Waals surface area contributed by atoms with E-state index in [-0.39, 0.29) is 0 Å². The van der Waals surface area contributed by atoms with Crippen LogP contribution in [0.4, 0.5) is 5.82 Å². The molecule has 3 aromatic rings. The quantitative estimate of drug-likeness (QED) is 0.650. The topological polar surface area (TPSA) is 42.1 Å². The monoisotopic (exact) mass is 380 g/mol. The van der Waals surface area contributed by atoms with Gasteiger partial charge in [-0.1, -0.05) is 12.1 Å². The average molecular weight is 381 g/mol. The molecule has 0 amide bonds. The second-order valence-corrected chi connectivity index (χ2v) is 7.39. The molecule has 0 N–H and O–H groups in total. The molecule has 3 heterocycles. The fraction of sp³-hybridized carbons (Fsp3) is 0.350. The number of hydrogen-bond acceptors (Lipinski definition) is 5. The zero-order valence-electron chi connectivity index (χ0n) is 15.7. The van der Waals surface area contributed by atoms with E-state index in [9.17, 15) is 0 Å². The summed E-state index contributed by atoms with van der Waals surface area (Å²) in [5, 5.41) is 0. The van der Waals surface area contributed by atoms with Gasteiger partial charge in [-0.05, 0) is 43.3 Å².